The van der Waals surface area contributed by atoms with Crippen molar-refractivity contribution in [3.8, 4) is 5.88 Å². The molecule has 2 fully saturated rings. The zero-order valence-corrected chi connectivity index (χ0v) is 16.4. The smallest absolute Gasteiger partial charge is 0.216 e. The third-order valence-corrected chi connectivity index (χ3v) is 5.60. The van der Waals surface area contributed by atoms with Gasteiger partial charge in [0.1, 0.15) is 6.61 Å². The van der Waals surface area contributed by atoms with E-state index in [1.54, 1.807) is 0 Å². The SMILES string of the molecule is CN1CCC[C@@H]1CC(P)NC(C)(C)COc1ncccc1C1CC1. The van der Waals surface area contributed by atoms with Gasteiger partial charge in [-0.25, -0.2) is 4.98 Å². The number of ether oxygens (including phenoxy) is 1. The highest BCUT2D eigenvalue weighted by Gasteiger charge is 2.29. The van der Waals surface area contributed by atoms with Crippen molar-refractivity contribution < 1.29 is 4.74 Å². The average Bonchev–Trinajstić information content (AvgIpc) is 3.30. The molecule has 1 N–H and O–H groups in total. The molecule has 134 valence electrons. The quantitative estimate of drug-likeness (QED) is 0.730. The Bertz CT molecular complexity index is 547. The third kappa shape index (κ3) is 4.91. The maximum atomic E-state index is 6.10. The molecule has 0 spiro atoms. The van der Waals surface area contributed by atoms with Crippen LogP contribution in [0.3, 0.4) is 0 Å². The summed E-state index contributed by atoms with van der Waals surface area (Å²) in [4.78, 5) is 6.94. The summed E-state index contributed by atoms with van der Waals surface area (Å²) in [6.45, 7) is 6.29. The van der Waals surface area contributed by atoms with E-state index < -0.39 is 0 Å². The Morgan fingerprint density at radius 2 is 2.21 bits per heavy atom. The third-order valence-electron chi connectivity index (χ3n) is 5.16. The molecule has 5 heteroatoms. The van der Waals surface area contributed by atoms with Crippen LogP contribution in [0, 0.1) is 0 Å². The lowest BCUT2D eigenvalue weighted by atomic mass is 10.1. The van der Waals surface area contributed by atoms with Crippen LogP contribution < -0.4 is 10.1 Å². The Morgan fingerprint density at radius 1 is 1.42 bits per heavy atom. The summed E-state index contributed by atoms with van der Waals surface area (Å²) >= 11 is 0. The Hall–Kier alpha value is -0.700. The lowest BCUT2D eigenvalue weighted by Gasteiger charge is -2.32. The molecule has 2 heterocycles. The van der Waals surface area contributed by atoms with Crippen molar-refractivity contribution in [2.75, 3.05) is 20.2 Å². The van der Waals surface area contributed by atoms with Crippen molar-refractivity contribution in [2.45, 2.75) is 69.2 Å². The number of hydrogen-bond donors (Lipinski definition) is 1. The van der Waals surface area contributed by atoms with E-state index in [4.69, 9.17) is 4.74 Å². The van der Waals surface area contributed by atoms with Gasteiger partial charge in [-0.3, -0.25) is 0 Å². The number of pyridine rings is 1. The van der Waals surface area contributed by atoms with Crippen LogP contribution in [-0.4, -0.2) is 47.4 Å². The van der Waals surface area contributed by atoms with Gasteiger partial charge in [-0.1, -0.05) is 6.07 Å². The predicted molar refractivity (Wildman–Crippen MR) is 103 cm³/mol. The minimum Gasteiger partial charge on any atom is -0.476 e. The van der Waals surface area contributed by atoms with Gasteiger partial charge in [0.15, 0.2) is 0 Å². The van der Waals surface area contributed by atoms with Crippen LogP contribution in [-0.2, 0) is 0 Å². The Labute approximate surface area is 149 Å². The molecule has 24 heavy (non-hydrogen) atoms. The van der Waals surface area contributed by atoms with Gasteiger partial charge in [-0.15, -0.1) is 9.24 Å². The van der Waals surface area contributed by atoms with Crippen molar-refractivity contribution in [1.29, 1.82) is 0 Å². The van der Waals surface area contributed by atoms with E-state index in [0.717, 1.165) is 5.88 Å². The summed E-state index contributed by atoms with van der Waals surface area (Å²) in [7, 11) is 5.21. The van der Waals surface area contributed by atoms with Crippen LogP contribution in [0.1, 0.15) is 57.4 Å². The fraction of sp³-hybridized carbons (Fsp3) is 0.737. The summed E-state index contributed by atoms with van der Waals surface area (Å²) in [5, 5.41) is 3.72. The Morgan fingerprint density at radius 3 is 2.88 bits per heavy atom. The highest BCUT2D eigenvalue weighted by Crippen LogP contribution is 2.43. The normalized spacial score (nSPS) is 23.4. The van der Waals surface area contributed by atoms with Gasteiger partial charge >= 0.3 is 0 Å². The molecule has 0 amide bonds. The molecule has 1 saturated heterocycles. The molecular formula is C19H32N3OP. The van der Waals surface area contributed by atoms with Gasteiger partial charge in [0.25, 0.3) is 0 Å². The molecule has 4 nitrogen and oxygen atoms in total. The number of hydrogen-bond acceptors (Lipinski definition) is 4. The number of nitrogens with one attached hydrogen (secondary N) is 1. The average molecular weight is 349 g/mol. The molecule has 1 aliphatic heterocycles. The lowest BCUT2D eigenvalue weighted by molar-refractivity contribution is 0.189. The molecule has 2 aliphatic rings. The first-order chi connectivity index (χ1) is 11.4. The summed E-state index contributed by atoms with van der Waals surface area (Å²) in [6, 6.07) is 4.88. The van der Waals surface area contributed by atoms with Gasteiger partial charge < -0.3 is 15.0 Å². The minimum atomic E-state index is -0.0814. The second-order valence-corrected chi connectivity index (χ2v) is 8.91. The zero-order valence-electron chi connectivity index (χ0n) is 15.3. The standard InChI is InChI=1S/C19H32N3OP/c1-19(2,21-17(24)12-15-6-5-11-22(15)3)13-23-18-16(14-8-9-14)7-4-10-20-18/h4,7,10,14-15,17,21H,5-6,8-9,11-13,24H2,1-3H3/t15-,17?/m1/s1. The van der Waals surface area contributed by atoms with E-state index in [2.05, 4.69) is 51.4 Å². The molecule has 1 aliphatic carbocycles. The van der Waals surface area contributed by atoms with Crippen LogP contribution in [0.4, 0.5) is 0 Å². The van der Waals surface area contributed by atoms with Gasteiger partial charge in [-0.2, -0.15) is 0 Å². The second-order valence-electron chi connectivity index (χ2n) is 8.11. The van der Waals surface area contributed by atoms with Gasteiger partial charge in [-0.05, 0) is 71.5 Å². The molecule has 3 atom stereocenters. The highest BCUT2D eigenvalue weighted by atomic mass is 31.0. The number of aromatic nitrogens is 1. The number of rotatable bonds is 8. The van der Waals surface area contributed by atoms with Crippen LogP contribution >= 0.6 is 9.24 Å². The molecule has 1 aromatic heterocycles. The zero-order chi connectivity index (χ0) is 17.2. The fourth-order valence-electron chi connectivity index (χ4n) is 3.65. The van der Waals surface area contributed by atoms with Gasteiger partial charge in [0.2, 0.25) is 5.88 Å². The summed E-state index contributed by atoms with van der Waals surface area (Å²) in [6.07, 6.45) is 8.18. The maximum Gasteiger partial charge on any atom is 0.216 e. The maximum absolute atomic E-state index is 6.10. The molecule has 0 aromatic carbocycles. The Kier molecular flexibility index (Phi) is 5.79. The first-order valence-electron chi connectivity index (χ1n) is 9.26. The van der Waals surface area contributed by atoms with E-state index in [-0.39, 0.29) is 5.54 Å². The predicted octanol–water partition coefficient (Wildman–Crippen LogP) is 3.39. The molecule has 0 bridgehead atoms. The molecule has 1 saturated carbocycles. The van der Waals surface area contributed by atoms with Crippen LogP contribution in [0.25, 0.3) is 0 Å². The van der Waals surface area contributed by atoms with Crippen molar-refractivity contribution in [3.05, 3.63) is 23.9 Å². The van der Waals surface area contributed by atoms with Crippen LogP contribution in [0.15, 0.2) is 18.3 Å². The van der Waals surface area contributed by atoms with E-state index in [9.17, 15) is 0 Å². The van der Waals surface area contributed by atoms with Crippen molar-refractivity contribution in [1.82, 2.24) is 15.2 Å². The molecule has 1 aromatic rings. The largest absolute Gasteiger partial charge is 0.476 e. The van der Waals surface area contributed by atoms with E-state index >= 15 is 0 Å². The molecule has 2 unspecified atom stereocenters. The summed E-state index contributed by atoms with van der Waals surface area (Å²) in [5.41, 5.74) is 1.20. The first kappa shape index (κ1) is 18.1. The monoisotopic (exact) mass is 349 g/mol. The number of likely N-dealkylation sites (tertiary alicyclic amines) is 1. The minimum absolute atomic E-state index is 0.0814. The summed E-state index contributed by atoms with van der Waals surface area (Å²) in [5.74, 6) is 1.89. The molecule has 3 rings (SSSR count). The van der Waals surface area contributed by atoms with Gasteiger partial charge in [0, 0.05) is 29.1 Å². The van der Waals surface area contributed by atoms with Crippen molar-refractivity contribution in [2.24, 2.45) is 0 Å². The highest BCUT2D eigenvalue weighted by molar-refractivity contribution is 7.17. The lowest BCUT2D eigenvalue weighted by Crippen LogP contribution is -2.49. The Balaban J connectivity index is 1.50. The number of nitrogens with zero attached hydrogens (tertiary/aromatic N) is 2. The van der Waals surface area contributed by atoms with Crippen molar-refractivity contribution >= 4 is 9.24 Å². The van der Waals surface area contributed by atoms with E-state index in [1.165, 1.54) is 44.2 Å². The molecular weight excluding hydrogens is 317 g/mol. The fourth-order valence-corrected chi connectivity index (χ4v) is 4.42. The topological polar surface area (TPSA) is 37.4 Å². The van der Waals surface area contributed by atoms with Crippen molar-refractivity contribution in [3.63, 3.8) is 0 Å². The second kappa shape index (κ2) is 7.68. The summed E-state index contributed by atoms with van der Waals surface area (Å²) < 4.78 is 6.10. The van der Waals surface area contributed by atoms with E-state index in [1.807, 2.05) is 12.3 Å². The van der Waals surface area contributed by atoms with Crippen LogP contribution in [0.5, 0.6) is 5.88 Å². The first-order valence-corrected chi connectivity index (χ1v) is 9.92. The van der Waals surface area contributed by atoms with Gasteiger partial charge in [0.05, 0.1) is 0 Å². The van der Waals surface area contributed by atoms with Crippen LogP contribution in [0.2, 0.25) is 0 Å². The molecule has 0 radical (unpaired) electrons. The van der Waals surface area contributed by atoms with E-state index in [0.29, 0.717) is 24.3 Å².